The molecule has 1 aromatic carbocycles. The van der Waals surface area contributed by atoms with Crippen LogP contribution < -0.4 is 10.5 Å². The molecule has 2 nitrogen and oxygen atoms in total. The fraction of sp³-hybridized carbons (Fsp3) is 0.571. The lowest BCUT2D eigenvalue weighted by Gasteiger charge is -2.21. The van der Waals surface area contributed by atoms with Gasteiger partial charge in [0.1, 0.15) is 5.75 Å². The first kappa shape index (κ1) is 14.2. The van der Waals surface area contributed by atoms with Gasteiger partial charge in [-0.25, -0.2) is 0 Å². The van der Waals surface area contributed by atoms with Crippen LogP contribution in [0, 0.1) is 0 Å². The van der Waals surface area contributed by atoms with Gasteiger partial charge in [-0.15, -0.1) is 13.2 Å². The summed E-state index contributed by atoms with van der Waals surface area (Å²) in [4.78, 5) is 0. The van der Waals surface area contributed by atoms with Crippen LogP contribution in [0.15, 0.2) is 24.3 Å². The van der Waals surface area contributed by atoms with Gasteiger partial charge in [0.05, 0.1) is 0 Å². The Morgan fingerprint density at radius 3 is 2.53 bits per heavy atom. The van der Waals surface area contributed by atoms with Crippen molar-refractivity contribution < 1.29 is 17.9 Å². The smallest absolute Gasteiger partial charge is 0.405 e. The molecule has 0 heterocycles. The maximum Gasteiger partial charge on any atom is 0.573 e. The molecular formula is C14H18F3NO. The van der Waals surface area contributed by atoms with E-state index in [4.69, 9.17) is 5.73 Å². The molecule has 1 aliphatic rings. The Morgan fingerprint density at radius 1 is 1.11 bits per heavy atom. The number of benzene rings is 1. The van der Waals surface area contributed by atoms with Crippen molar-refractivity contribution in [3.8, 4) is 5.75 Å². The van der Waals surface area contributed by atoms with E-state index in [-0.39, 0.29) is 17.7 Å². The zero-order valence-corrected chi connectivity index (χ0v) is 10.6. The molecule has 5 heteroatoms. The van der Waals surface area contributed by atoms with E-state index in [9.17, 15) is 13.2 Å². The second kappa shape index (κ2) is 5.82. The number of para-hydroxylation sites is 1. The van der Waals surface area contributed by atoms with Crippen LogP contribution in [0.5, 0.6) is 5.75 Å². The summed E-state index contributed by atoms with van der Waals surface area (Å²) < 4.78 is 41.3. The highest BCUT2D eigenvalue weighted by Gasteiger charge is 2.33. The molecule has 0 saturated heterocycles. The first-order valence-corrected chi connectivity index (χ1v) is 6.56. The second-order valence-corrected chi connectivity index (χ2v) is 5.06. The number of rotatable bonds is 2. The molecule has 1 aliphatic carbocycles. The minimum Gasteiger partial charge on any atom is -0.405 e. The molecule has 1 saturated carbocycles. The minimum absolute atomic E-state index is 0.0519. The Labute approximate surface area is 110 Å². The maximum absolute atomic E-state index is 12.4. The van der Waals surface area contributed by atoms with Crippen LogP contribution >= 0.6 is 0 Å². The molecule has 0 radical (unpaired) electrons. The van der Waals surface area contributed by atoms with Crippen LogP contribution in [-0.4, -0.2) is 12.4 Å². The first-order valence-electron chi connectivity index (χ1n) is 6.56. The van der Waals surface area contributed by atoms with Gasteiger partial charge in [0.25, 0.3) is 0 Å². The second-order valence-electron chi connectivity index (χ2n) is 5.06. The van der Waals surface area contributed by atoms with Gasteiger partial charge in [0.15, 0.2) is 0 Å². The molecule has 1 aromatic rings. The van der Waals surface area contributed by atoms with Crippen molar-refractivity contribution in [2.75, 3.05) is 0 Å². The van der Waals surface area contributed by atoms with Crippen molar-refractivity contribution in [2.45, 2.75) is 50.4 Å². The van der Waals surface area contributed by atoms with Crippen LogP contribution in [0.1, 0.15) is 43.6 Å². The Bertz CT molecular complexity index is 419. The van der Waals surface area contributed by atoms with E-state index < -0.39 is 6.36 Å². The lowest BCUT2D eigenvalue weighted by Crippen LogP contribution is -2.22. The maximum atomic E-state index is 12.4. The van der Waals surface area contributed by atoms with Crippen LogP contribution in [0.4, 0.5) is 13.2 Å². The first-order chi connectivity index (χ1) is 8.96. The van der Waals surface area contributed by atoms with Gasteiger partial charge >= 0.3 is 6.36 Å². The SMILES string of the molecule is NC1CCCCC(c2ccccc2OC(F)(F)F)C1. The third kappa shape index (κ3) is 4.13. The summed E-state index contributed by atoms with van der Waals surface area (Å²) in [5.41, 5.74) is 6.60. The van der Waals surface area contributed by atoms with E-state index in [1.165, 1.54) is 6.07 Å². The molecule has 2 rings (SSSR count). The summed E-state index contributed by atoms with van der Waals surface area (Å²) in [6.45, 7) is 0. The molecule has 0 bridgehead atoms. The van der Waals surface area contributed by atoms with Gasteiger partial charge in [-0.2, -0.15) is 0 Å². The van der Waals surface area contributed by atoms with Gasteiger partial charge in [-0.3, -0.25) is 0 Å². The van der Waals surface area contributed by atoms with Gasteiger partial charge in [-0.05, 0) is 36.8 Å². The number of nitrogens with two attached hydrogens (primary N) is 1. The molecule has 106 valence electrons. The number of hydrogen-bond acceptors (Lipinski definition) is 2. The highest BCUT2D eigenvalue weighted by molar-refractivity contribution is 5.36. The number of ether oxygens (including phenoxy) is 1. The van der Waals surface area contributed by atoms with Gasteiger partial charge < -0.3 is 10.5 Å². The molecule has 1 fully saturated rings. The predicted molar refractivity (Wildman–Crippen MR) is 66.9 cm³/mol. The third-order valence-electron chi connectivity index (χ3n) is 3.55. The zero-order chi connectivity index (χ0) is 13.9. The average Bonchev–Trinajstić information content (AvgIpc) is 2.52. The molecule has 0 aromatic heterocycles. The summed E-state index contributed by atoms with van der Waals surface area (Å²) in [7, 11) is 0. The fourth-order valence-electron chi connectivity index (χ4n) is 2.72. The molecule has 19 heavy (non-hydrogen) atoms. The molecule has 2 unspecified atom stereocenters. The summed E-state index contributed by atoms with van der Waals surface area (Å²) in [6, 6.07) is 6.45. The van der Waals surface area contributed by atoms with Crippen molar-refractivity contribution in [1.82, 2.24) is 0 Å². The summed E-state index contributed by atoms with van der Waals surface area (Å²) >= 11 is 0. The number of alkyl halides is 3. The predicted octanol–water partition coefficient (Wildman–Crippen LogP) is 3.96. The van der Waals surface area contributed by atoms with E-state index in [0.717, 1.165) is 32.1 Å². The van der Waals surface area contributed by atoms with Crippen LogP contribution in [0.2, 0.25) is 0 Å². The lowest BCUT2D eigenvalue weighted by molar-refractivity contribution is -0.275. The van der Waals surface area contributed by atoms with Gasteiger partial charge in [-0.1, -0.05) is 31.0 Å². The van der Waals surface area contributed by atoms with Crippen molar-refractivity contribution in [1.29, 1.82) is 0 Å². The largest absolute Gasteiger partial charge is 0.573 e. The molecular weight excluding hydrogens is 255 g/mol. The van der Waals surface area contributed by atoms with E-state index >= 15 is 0 Å². The molecule has 0 aliphatic heterocycles. The van der Waals surface area contributed by atoms with Crippen molar-refractivity contribution in [2.24, 2.45) is 5.73 Å². The Hall–Kier alpha value is -1.23. The molecule has 0 spiro atoms. The van der Waals surface area contributed by atoms with E-state index in [2.05, 4.69) is 4.74 Å². The minimum atomic E-state index is -4.65. The van der Waals surface area contributed by atoms with Crippen molar-refractivity contribution in [3.05, 3.63) is 29.8 Å². The molecule has 2 atom stereocenters. The summed E-state index contributed by atoms with van der Waals surface area (Å²) in [6.07, 6.45) is -0.0788. The van der Waals surface area contributed by atoms with Crippen LogP contribution in [0.25, 0.3) is 0 Å². The quantitative estimate of drug-likeness (QED) is 0.828. The van der Waals surface area contributed by atoms with E-state index in [1.54, 1.807) is 18.2 Å². The summed E-state index contributed by atoms with van der Waals surface area (Å²) in [5, 5.41) is 0. The normalized spacial score (nSPS) is 24.8. The zero-order valence-electron chi connectivity index (χ0n) is 10.6. The average molecular weight is 273 g/mol. The topological polar surface area (TPSA) is 35.2 Å². The Balaban J connectivity index is 2.22. The summed E-state index contributed by atoms with van der Waals surface area (Å²) in [5.74, 6) is -0.0369. The fourth-order valence-corrected chi connectivity index (χ4v) is 2.72. The third-order valence-corrected chi connectivity index (χ3v) is 3.55. The standard InChI is InChI=1S/C14H18F3NO/c15-14(16,17)19-13-8-4-3-7-12(13)10-5-1-2-6-11(18)9-10/h3-4,7-8,10-11H,1-2,5-6,9,18H2. The Kier molecular flexibility index (Phi) is 4.34. The number of halogens is 3. The Morgan fingerprint density at radius 2 is 1.79 bits per heavy atom. The van der Waals surface area contributed by atoms with Crippen molar-refractivity contribution in [3.63, 3.8) is 0 Å². The van der Waals surface area contributed by atoms with E-state index in [1.807, 2.05) is 0 Å². The number of hydrogen-bond donors (Lipinski definition) is 1. The van der Waals surface area contributed by atoms with E-state index in [0.29, 0.717) is 5.56 Å². The van der Waals surface area contributed by atoms with Crippen molar-refractivity contribution >= 4 is 0 Å². The monoisotopic (exact) mass is 273 g/mol. The lowest BCUT2D eigenvalue weighted by atomic mass is 9.90. The van der Waals surface area contributed by atoms with Crippen LogP contribution in [0.3, 0.4) is 0 Å². The highest BCUT2D eigenvalue weighted by Crippen LogP contribution is 2.37. The highest BCUT2D eigenvalue weighted by atomic mass is 19.4. The molecule has 2 N–H and O–H groups in total. The van der Waals surface area contributed by atoms with Gasteiger partial charge in [0.2, 0.25) is 0 Å². The van der Waals surface area contributed by atoms with Gasteiger partial charge in [0, 0.05) is 6.04 Å². The van der Waals surface area contributed by atoms with Crippen LogP contribution in [-0.2, 0) is 0 Å². The molecule has 0 amide bonds.